The summed E-state index contributed by atoms with van der Waals surface area (Å²) in [5.41, 5.74) is 4.52. The summed E-state index contributed by atoms with van der Waals surface area (Å²) in [5.74, 6) is -1.18. The number of hydrogen-bond donors (Lipinski definition) is 3. The lowest BCUT2D eigenvalue weighted by atomic mass is 9.82. The van der Waals surface area contributed by atoms with Gasteiger partial charge in [-0.25, -0.2) is 21.6 Å². The lowest BCUT2D eigenvalue weighted by Crippen LogP contribution is -2.59. The number of nitrogens with two attached hydrogens (primary N) is 1. The molecule has 0 aromatic heterocycles. The Hall–Kier alpha value is -0.870. The molecule has 0 unspecified atom stereocenters. The van der Waals surface area contributed by atoms with Gasteiger partial charge >= 0.3 is 0 Å². The predicted octanol–water partition coefficient (Wildman–Crippen LogP) is -0.600. The summed E-state index contributed by atoms with van der Waals surface area (Å²) in [5, 5.41) is 11.8. The second-order valence-electron chi connectivity index (χ2n) is 5.18. The molecule has 0 bridgehead atoms. The van der Waals surface area contributed by atoms with Gasteiger partial charge in [0.2, 0.25) is 10.0 Å². The first-order valence-corrected chi connectivity index (χ1v) is 9.99. The maximum Gasteiger partial charge on any atom is 0.213 e. The number of nitrogens with one attached hydrogen (secondary N) is 1. The minimum atomic E-state index is -3.83. The molecule has 8 nitrogen and oxygen atoms in total. The van der Waals surface area contributed by atoms with E-state index in [2.05, 4.69) is 9.88 Å². The number of sulfonamides is 1. The summed E-state index contributed by atoms with van der Waals surface area (Å²) >= 11 is 0. The van der Waals surface area contributed by atoms with Crippen molar-refractivity contribution >= 4 is 25.7 Å². The number of rotatable bonds is 6. The molecule has 1 fully saturated rings. The van der Waals surface area contributed by atoms with Crippen molar-refractivity contribution in [3.8, 4) is 0 Å². The van der Waals surface area contributed by atoms with E-state index in [4.69, 9.17) is 10.9 Å². The van der Waals surface area contributed by atoms with Gasteiger partial charge in [-0.15, -0.1) is 0 Å². The van der Waals surface area contributed by atoms with E-state index in [1.54, 1.807) is 0 Å². The average molecular weight is 327 g/mol. The van der Waals surface area contributed by atoms with E-state index in [0.717, 1.165) is 25.5 Å². The van der Waals surface area contributed by atoms with Crippen LogP contribution in [0.15, 0.2) is 5.16 Å². The van der Waals surface area contributed by atoms with Crippen LogP contribution in [0.2, 0.25) is 0 Å². The Morgan fingerprint density at radius 3 is 2.20 bits per heavy atom. The highest BCUT2D eigenvalue weighted by Crippen LogP contribution is 2.29. The Bertz CT molecular complexity index is 562. The summed E-state index contributed by atoms with van der Waals surface area (Å²) in [6.07, 6.45) is 4.30. The van der Waals surface area contributed by atoms with Crippen molar-refractivity contribution in [3.05, 3.63) is 0 Å². The number of sulfone groups is 1. The fourth-order valence-electron chi connectivity index (χ4n) is 2.27. The first kappa shape index (κ1) is 17.2. The molecule has 0 saturated heterocycles. The van der Waals surface area contributed by atoms with Crippen LogP contribution in [0.3, 0.4) is 0 Å². The summed E-state index contributed by atoms with van der Waals surface area (Å²) in [6, 6.07) is 0. The standard InChI is InChI=1S/C10H21N3O5S2/c1-19(15,16)7-8-20(17,18)13-10(9(11)12-14)5-3-2-4-6-10/h13-14H,2-8H2,1H3,(H2,11,12). The number of amidine groups is 1. The van der Waals surface area contributed by atoms with E-state index in [0.29, 0.717) is 12.8 Å². The minimum Gasteiger partial charge on any atom is -0.409 e. The Morgan fingerprint density at radius 1 is 1.20 bits per heavy atom. The number of hydrogen-bond acceptors (Lipinski definition) is 6. The molecule has 1 aliphatic rings. The maximum absolute atomic E-state index is 12.0. The summed E-state index contributed by atoms with van der Waals surface area (Å²) in [6.45, 7) is 0. The molecule has 1 rings (SSSR count). The minimum absolute atomic E-state index is 0.180. The molecule has 0 atom stereocenters. The highest BCUT2D eigenvalue weighted by atomic mass is 32.2. The van der Waals surface area contributed by atoms with Crippen LogP contribution >= 0.6 is 0 Å². The maximum atomic E-state index is 12.0. The van der Waals surface area contributed by atoms with E-state index >= 15 is 0 Å². The van der Waals surface area contributed by atoms with Crippen LogP contribution in [-0.2, 0) is 19.9 Å². The SMILES string of the molecule is CS(=O)(=O)CCS(=O)(=O)NC1(C(N)=NO)CCCCC1. The molecule has 0 aromatic carbocycles. The number of oxime groups is 1. The van der Waals surface area contributed by atoms with Crippen LogP contribution in [0.25, 0.3) is 0 Å². The van der Waals surface area contributed by atoms with Crippen molar-refractivity contribution in [2.75, 3.05) is 17.8 Å². The zero-order valence-corrected chi connectivity index (χ0v) is 13.0. The van der Waals surface area contributed by atoms with Gasteiger partial charge in [-0.1, -0.05) is 24.4 Å². The molecule has 20 heavy (non-hydrogen) atoms. The fourth-order valence-corrected chi connectivity index (χ4v) is 5.37. The van der Waals surface area contributed by atoms with Crippen LogP contribution in [0.4, 0.5) is 0 Å². The molecule has 0 amide bonds. The molecular formula is C10H21N3O5S2. The van der Waals surface area contributed by atoms with Crippen molar-refractivity contribution in [2.45, 2.75) is 37.6 Å². The Labute approximate surface area is 119 Å². The van der Waals surface area contributed by atoms with Crippen molar-refractivity contribution < 1.29 is 22.0 Å². The van der Waals surface area contributed by atoms with Gasteiger partial charge in [0.05, 0.1) is 17.0 Å². The lowest BCUT2D eigenvalue weighted by Gasteiger charge is -2.36. The highest BCUT2D eigenvalue weighted by molar-refractivity contribution is 7.93. The first-order chi connectivity index (χ1) is 9.10. The van der Waals surface area contributed by atoms with E-state index < -0.39 is 36.9 Å². The molecule has 1 aliphatic carbocycles. The smallest absolute Gasteiger partial charge is 0.213 e. The quantitative estimate of drug-likeness (QED) is 0.258. The van der Waals surface area contributed by atoms with Gasteiger partial charge in [0.1, 0.15) is 9.84 Å². The molecule has 0 aliphatic heterocycles. The molecular weight excluding hydrogens is 306 g/mol. The Balaban J connectivity index is 2.90. The summed E-state index contributed by atoms with van der Waals surface area (Å²) < 4.78 is 48.5. The van der Waals surface area contributed by atoms with Crippen molar-refractivity contribution in [3.63, 3.8) is 0 Å². The van der Waals surface area contributed by atoms with Crippen molar-refractivity contribution in [2.24, 2.45) is 10.9 Å². The van der Waals surface area contributed by atoms with Gasteiger partial charge in [-0.2, -0.15) is 0 Å². The van der Waals surface area contributed by atoms with Crippen LogP contribution in [-0.4, -0.2) is 51.2 Å². The Morgan fingerprint density at radius 2 is 1.75 bits per heavy atom. The highest BCUT2D eigenvalue weighted by Gasteiger charge is 2.40. The first-order valence-electron chi connectivity index (χ1n) is 6.28. The van der Waals surface area contributed by atoms with Crippen molar-refractivity contribution in [1.82, 2.24) is 4.72 Å². The number of nitrogens with zero attached hydrogens (tertiary/aromatic N) is 1. The van der Waals surface area contributed by atoms with Gasteiger partial charge in [0.15, 0.2) is 5.84 Å². The summed E-state index contributed by atoms with van der Waals surface area (Å²) in [7, 11) is -7.20. The van der Waals surface area contributed by atoms with Crippen LogP contribution in [0.5, 0.6) is 0 Å². The third-order valence-corrected chi connectivity index (χ3v) is 6.03. The molecule has 118 valence electrons. The van der Waals surface area contributed by atoms with Gasteiger partial charge in [-0.3, -0.25) is 0 Å². The molecule has 0 radical (unpaired) electrons. The zero-order valence-electron chi connectivity index (χ0n) is 11.4. The van der Waals surface area contributed by atoms with E-state index in [1.165, 1.54) is 0 Å². The van der Waals surface area contributed by atoms with Gasteiger partial charge in [-0.05, 0) is 12.8 Å². The third kappa shape index (κ3) is 4.91. The average Bonchev–Trinajstić information content (AvgIpc) is 2.35. The van der Waals surface area contributed by atoms with Crippen LogP contribution in [0.1, 0.15) is 32.1 Å². The van der Waals surface area contributed by atoms with Crippen molar-refractivity contribution in [1.29, 1.82) is 0 Å². The van der Waals surface area contributed by atoms with Crippen LogP contribution < -0.4 is 10.5 Å². The molecule has 0 spiro atoms. The normalized spacial score (nSPS) is 20.8. The van der Waals surface area contributed by atoms with E-state index in [9.17, 15) is 16.8 Å². The monoisotopic (exact) mass is 327 g/mol. The molecule has 1 saturated carbocycles. The van der Waals surface area contributed by atoms with E-state index in [1.807, 2.05) is 0 Å². The molecule has 4 N–H and O–H groups in total. The van der Waals surface area contributed by atoms with Gasteiger partial charge in [0, 0.05) is 6.26 Å². The van der Waals surface area contributed by atoms with Gasteiger partial charge in [0.25, 0.3) is 0 Å². The topological polar surface area (TPSA) is 139 Å². The Kier molecular flexibility index (Phi) is 5.39. The van der Waals surface area contributed by atoms with Gasteiger partial charge < -0.3 is 10.9 Å². The third-order valence-electron chi connectivity index (χ3n) is 3.38. The second-order valence-corrected chi connectivity index (χ2v) is 9.28. The summed E-state index contributed by atoms with van der Waals surface area (Å²) in [4.78, 5) is 0. The fraction of sp³-hybridized carbons (Fsp3) is 0.900. The zero-order chi connectivity index (χ0) is 15.4. The lowest BCUT2D eigenvalue weighted by molar-refractivity contribution is 0.294. The largest absolute Gasteiger partial charge is 0.409 e. The molecule has 0 heterocycles. The second kappa shape index (κ2) is 6.27. The van der Waals surface area contributed by atoms with Crippen LogP contribution in [0, 0.1) is 0 Å². The predicted molar refractivity (Wildman–Crippen MR) is 75.9 cm³/mol. The van der Waals surface area contributed by atoms with E-state index in [-0.39, 0.29) is 5.84 Å². The molecule has 0 aromatic rings. The molecule has 10 heteroatoms.